The number of carboxylic acids is 1. The summed E-state index contributed by atoms with van der Waals surface area (Å²) in [6.07, 6.45) is 2.19. The van der Waals surface area contributed by atoms with Gasteiger partial charge in [0, 0.05) is 29.9 Å². The van der Waals surface area contributed by atoms with Crippen molar-refractivity contribution in [1.29, 1.82) is 0 Å². The van der Waals surface area contributed by atoms with Crippen LogP contribution in [0.4, 0.5) is 0 Å². The van der Waals surface area contributed by atoms with Gasteiger partial charge < -0.3 is 19.1 Å². The van der Waals surface area contributed by atoms with Gasteiger partial charge in [-0.1, -0.05) is 0 Å². The summed E-state index contributed by atoms with van der Waals surface area (Å²) < 4.78 is 12.1. The fraction of sp³-hybridized carbons (Fsp3) is 0.421. The van der Waals surface area contributed by atoms with E-state index in [2.05, 4.69) is 4.74 Å². The molecule has 2 heterocycles. The number of carbonyl (C=O) groups excluding carboxylic acids is 2. The molecule has 3 atom stereocenters. The highest BCUT2D eigenvalue weighted by molar-refractivity contribution is 5.93. The summed E-state index contributed by atoms with van der Waals surface area (Å²) in [7, 11) is 1.33. The van der Waals surface area contributed by atoms with Crippen molar-refractivity contribution in [1.82, 2.24) is 4.57 Å². The summed E-state index contributed by atoms with van der Waals surface area (Å²) in [6, 6.07) is 6.76. The molecule has 7 heteroatoms. The van der Waals surface area contributed by atoms with Gasteiger partial charge in [0.25, 0.3) is 0 Å². The Morgan fingerprint density at radius 2 is 2.04 bits per heavy atom. The molecule has 0 radical (unpaired) electrons. The monoisotopic (exact) mass is 359 g/mol. The maximum atomic E-state index is 12.2. The number of epoxide rings is 1. The second-order valence-electron chi connectivity index (χ2n) is 6.46. The number of ketones is 1. The van der Waals surface area contributed by atoms with Gasteiger partial charge >= 0.3 is 11.9 Å². The third kappa shape index (κ3) is 3.62. The van der Waals surface area contributed by atoms with Crippen LogP contribution in [0.3, 0.4) is 0 Å². The minimum atomic E-state index is -0.962. The van der Waals surface area contributed by atoms with E-state index >= 15 is 0 Å². The molecule has 1 aliphatic rings. The summed E-state index contributed by atoms with van der Waals surface area (Å²) in [5.41, 5.74) is 1.14. The molecule has 2 aromatic rings. The molecule has 0 bridgehead atoms. The Bertz CT molecular complexity index is 855. The molecule has 7 nitrogen and oxygen atoms in total. The van der Waals surface area contributed by atoms with Crippen molar-refractivity contribution in [2.24, 2.45) is 0 Å². The summed E-state index contributed by atoms with van der Waals surface area (Å²) >= 11 is 0. The van der Waals surface area contributed by atoms with Crippen LogP contribution in [0.5, 0.6) is 0 Å². The molecular weight excluding hydrogens is 338 g/mol. The van der Waals surface area contributed by atoms with Gasteiger partial charge in [0.15, 0.2) is 5.78 Å². The number of carbonyl (C=O) groups is 3. The third-order valence-corrected chi connectivity index (χ3v) is 4.76. The lowest BCUT2D eigenvalue weighted by molar-refractivity contribution is -0.140. The highest BCUT2D eigenvalue weighted by Gasteiger charge is 2.48. The number of benzene rings is 1. The number of esters is 1. The smallest absolute Gasteiger partial charge is 0.335 e. The average Bonchev–Trinajstić information content (AvgIpc) is 3.32. The number of aromatic carboxylic acids is 1. The van der Waals surface area contributed by atoms with E-state index in [1.807, 2.05) is 23.8 Å². The normalized spacial score (nSPS) is 19.9. The first-order valence-corrected chi connectivity index (χ1v) is 8.51. The molecule has 26 heavy (non-hydrogen) atoms. The summed E-state index contributed by atoms with van der Waals surface area (Å²) in [5, 5.41) is 9.91. The number of rotatable bonds is 8. The molecule has 0 spiro atoms. The zero-order chi connectivity index (χ0) is 18.8. The van der Waals surface area contributed by atoms with Crippen molar-refractivity contribution < 1.29 is 29.0 Å². The molecule has 1 aromatic heterocycles. The first-order valence-electron chi connectivity index (χ1n) is 8.51. The SMILES string of the molecule is COC(=O)CCCC(=O)C1OC1C(C)n1ccc2cc(C(=O)O)ccc21. The van der Waals surface area contributed by atoms with Crippen LogP contribution in [0.2, 0.25) is 0 Å². The molecule has 1 fully saturated rings. The second kappa shape index (κ2) is 7.29. The lowest BCUT2D eigenvalue weighted by Gasteiger charge is -2.13. The van der Waals surface area contributed by atoms with Crippen LogP contribution in [0.15, 0.2) is 30.5 Å². The third-order valence-electron chi connectivity index (χ3n) is 4.76. The average molecular weight is 359 g/mol. The lowest BCUT2D eigenvalue weighted by atomic mass is 10.1. The number of nitrogens with zero attached hydrogens (tertiary/aromatic N) is 1. The number of fused-ring (bicyclic) bond motifs is 1. The molecule has 3 unspecified atom stereocenters. The molecule has 1 aromatic carbocycles. The zero-order valence-electron chi connectivity index (χ0n) is 14.7. The Hall–Kier alpha value is -2.67. The van der Waals surface area contributed by atoms with Crippen LogP contribution < -0.4 is 0 Å². The van der Waals surface area contributed by atoms with Gasteiger partial charge in [0.1, 0.15) is 12.2 Å². The van der Waals surface area contributed by atoms with Crippen molar-refractivity contribution in [3.05, 3.63) is 36.0 Å². The van der Waals surface area contributed by atoms with E-state index in [9.17, 15) is 14.4 Å². The van der Waals surface area contributed by atoms with E-state index < -0.39 is 12.1 Å². The van der Waals surface area contributed by atoms with Gasteiger partial charge in [-0.2, -0.15) is 0 Å². The summed E-state index contributed by atoms with van der Waals surface area (Å²) in [6.45, 7) is 1.97. The Labute approximate surface area is 150 Å². The largest absolute Gasteiger partial charge is 0.478 e. The molecule has 1 aliphatic heterocycles. The van der Waals surface area contributed by atoms with Crippen molar-refractivity contribution in [3.8, 4) is 0 Å². The second-order valence-corrected chi connectivity index (χ2v) is 6.46. The molecule has 0 aliphatic carbocycles. The van der Waals surface area contributed by atoms with Crippen molar-refractivity contribution in [2.45, 2.75) is 44.4 Å². The number of aromatic nitrogens is 1. The highest BCUT2D eigenvalue weighted by Crippen LogP contribution is 2.36. The van der Waals surface area contributed by atoms with Gasteiger partial charge in [-0.25, -0.2) is 4.79 Å². The maximum Gasteiger partial charge on any atom is 0.335 e. The van der Waals surface area contributed by atoms with Gasteiger partial charge in [-0.3, -0.25) is 9.59 Å². The number of hydrogen-bond donors (Lipinski definition) is 1. The first kappa shape index (κ1) is 18.1. The topological polar surface area (TPSA) is 98.1 Å². The van der Waals surface area contributed by atoms with Crippen LogP contribution in [0.25, 0.3) is 10.9 Å². The predicted octanol–water partition coefficient (Wildman–Crippen LogP) is 2.58. The number of Topliss-reactive ketones (excluding diaryl/α,β-unsaturated/α-hetero) is 1. The highest BCUT2D eigenvalue weighted by atomic mass is 16.6. The van der Waals surface area contributed by atoms with Crippen LogP contribution >= 0.6 is 0 Å². The molecule has 1 saturated heterocycles. The Balaban J connectivity index is 1.63. The number of ether oxygens (including phenoxy) is 2. The molecule has 1 N–H and O–H groups in total. The standard InChI is InChI=1S/C19H21NO6/c1-11(17-18(26-17)15(21)4-3-5-16(22)25-2)20-9-8-12-10-13(19(23)24)6-7-14(12)20/h6-11,17-18H,3-5H2,1-2H3,(H,23,24). The van der Waals surface area contributed by atoms with Gasteiger partial charge in [0.2, 0.25) is 0 Å². The fourth-order valence-electron chi connectivity index (χ4n) is 3.21. The quantitative estimate of drug-likeness (QED) is 0.575. The van der Waals surface area contributed by atoms with Crippen LogP contribution in [0.1, 0.15) is 42.6 Å². The van der Waals surface area contributed by atoms with Crippen molar-refractivity contribution in [3.63, 3.8) is 0 Å². The lowest BCUT2D eigenvalue weighted by Crippen LogP contribution is -2.17. The number of carboxylic acid groups (broad SMARTS) is 1. The van der Waals surface area contributed by atoms with Gasteiger partial charge in [0.05, 0.1) is 18.7 Å². The molecule has 0 saturated carbocycles. The summed E-state index contributed by atoms with van der Waals surface area (Å²) in [5.74, 6) is -1.29. The predicted molar refractivity (Wildman–Crippen MR) is 93.1 cm³/mol. The van der Waals surface area contributed by atoms with Gasteiger partial charge in [-0.05, 0) is 37.6 Å². The van der Waals surface area contributed by atoms with E-state index in [1.54, 1.807) is 18.2 Å². The van der Waals surface area contributed by atoms with E-state index in [0.29, 0.717) is 6.42 Å². The maximum absolute atomic E-state index is 12.2. The molecule has 0 amide bonds. The minimum Gasteiger partial charge on any atom is -0.478 e. The van der Waals surface area contributed by atoms with E-state index in [0.717, 1.165) is 10.9 Å². The Morgan fingerprint density at radius 1 is 1.27 bits per heavy atom. The van der Waals surface area contributed by atoms with Gasteiger partial charge in [-0.15, -0.1) is 0 Å². The fourth-order valence-corrected chi connectivity index (χ4v) is 3.21. The first-order chi connectivity index (χ1) is 12.4. The van der Waals surface area contributed by atoms with E-state index in [4.69, 9.17) is 9.84 Å². The Kier molecular flexibility index (Phi) is 5.08. The number of methoxy groups -OCH3 is 1. The van der Waals surface area contributed by atoms with Crippen LogP contribution in [-0.2, 0) is 19.1 Å². The van der Waals surface area contributed by atoms with E-state index in [-0.39, 0.29) is 42.3 Å². The molecular formula is C19H21NO6. The summed E-state index contributed by atoms with van der Waals surface area (Å²) in [4.78, 5) is 34.4. The zero-order valence-corrected chi connectivity index (χ0v) is 14.7. The number of hydrogen-bond acceptors (Lipinski definition) is 5. The van der Waals surface area contributed by atoms with Crippen molar-refractivity contribution in [2.75, 3.05) is 7.11 Å². The molecule has 138 valence electrons. The minimum absolute atomic E-state index is 0.00428. The van der Waals surface area contributed by atoms with Crippen LogP contribution in [0, 0.1) is 0 Å². The van der Waals surface area contributed by atoms with Crippen LogP contribution in [-0.4, -0.2) is 46.7 Å². The Morgan fingerprint density at radius 3 is 2.73 bits per heavy atom. The van der Waals surface area contributed by atoms with E-state index in [1.165, 1.54) is 7.11 Å². The van der Waals surface area contributed by atoms with Crippen molar-refractivity contribution >= 4 is 28.6 Å². The molecule has 3 rings (SSSR count).